The number of aliphatic hydroxyl groups is 1. The maximum absolute atomic E-state index is 13.7. The summed E-state index contributed by atoms with van der Waals surface area (Å²) in [7, 11) is -1.74. The summed E-state index contributed by atoms with van der Waals surface area (Å²) in [6.45, 7) is 5.34. The lowest BCUT2D eigenvalue weighted by Gasteiger charge is -2.48. The Labute approximate surface area is 271 Å². The van der Waals surface area contributed by atoms with Crippen LogP contribution in [-0.4, -0.2) is 64.7 Å². The van der Waals surface area contributed by atoms with Crippen LogP contribution in [0.1, 0.15) is 67.4 Å². The fourth-order valence-electron chi connectivity index (χ4n) is 7.75. The van der Waals surface area contributed by atoms with Crippen molar-refractivity contribution in [3.05, 3.63) is 70.3 Å². The average molecular weight is 655 g/mol. The molecule has 1 unspecified atom stereocenters. The number of amides is 1. The number of rotatable bonds is 1. The van der Waals surface area contributed by atoms with Crippen molar-refractivity contribution in [2.75, 3.05) is 31.7 Å². The second kappa shape index (κ2) is 12.0. The van der Waals surface area contributed by atoms with E-state index in [1.54, 1.807) is 25.1 Å². The first-order chi connectivity index (χ1) is 21.4. The number of anilines is 1. The van der Waals surface area contributed by atoms with E-state index in [1.165, 1.54) is 18.2 Å². The summed E-state index contributed by atoms with van der Waals surface area (Å²) in [5.74, 6) is 2.92. The van der Waals surface area contributed by atoms with Crippen molar-refractivity contribution in [1.82, 2.24) is 4.72 Å². The summed E-state index contributed by atoms with van der Waals surface area (Å²) in [5, 5.41) is 12.1. The molecule has 10 heteroatoms. The molecule has 7 atom stereocenters. The molecule has 242 valence electrons. The SMILES string of the molecule is C=S1(=O)NC(=O)c2ccc3c(c2)N(C[C@@H]2CC[C@H]2[C@@](O)(C(=O)OC)/C=C/C[C@H](C)[C@H]1C)C[C@@]1(CCCc2cc(Cl)ccc21)CO3. The van der Waals surface area contributed by atoms with E-state index in [-0.39, 0.29) is 23.2 Å². The second-order valence-electron chi connectivity index (χ2n) is 13.5. The van der Waals surface area contributed by atoms with Gasteiger partial charge in [-0.1, -0.05) is 30.7 Å². The van der Waals surface area contributed by atoms with Crippen LogP contribution in [-0.2, 0) is 31.1 Å². The van der Waals surface area contributed by atoms with Crippen LogP contribution in [0, 0.1) is 17.8 Å². The van der Waals surface area contributed by atoms with Gasteiger partial charge in [0.25, 0.3) is 5.91 Å². The minimum absolute atomic E-state index is 0.0182. The molecule has 8 nitrogen and oxygen atoms in total. The number of esters is 1. The first kappa shape index (κ1) is 32.0. The van der Waals surface area contributed by atoms with Crippen molar-refractivity contribution in [3.8, 4) is 5.75 Å². The summed E-state index contributed by atoms with van der Waals surface area (Å²) < 4.78 is 28.1. The number of allylic oxidation sites excluding steroid dienone is 1. The molecule has 2 aliphatic carbocycles. The molecule has 0 radical (unpaired) electrons. The monoisotopic (exact) mass is 654 g/mol. The van der Waals surface area contributed by atoms with E-state index in [0.717, 1.165) is 31.4 Å². The molecule has 2 aromatic rings. The van der Waals surface area contributed by atoms with Crippen LogP contribution in [0.25, 0.3) is 0 Å². The lowest BCUT2D eigenvalue weighted by atomic mass is 9.64. The fraction of sp³-hybridized carbons (Fsp3) is 0.514. The van der Waals surface area contributed by atoms with Crippen LogP contribution in [0.3, 0.4) is 0 Å². The summed E-state index contributed by atoms with van der Waals surface area (Å²) in [6.07, 6.45) is 8.13. The number of methoxy groups -OCH3 is 1. The largest absolute Gasteiger partial charge is 0.490 e. The summed E-state index contributed by atoms with van der Waals surface area (Å²) in [5.41, 5.74) is 1.44. The number of halogens is 1. The molecule has 1 spiro atoms. The number of nitrogens with one attached hydrogen (secondary N) is 1. The van der Waals surface area contributed by atoms with E-state index >= 15 is 0 Å². The van der Waals surface area contributed by atoms with Gasteiger partial charge >= 0.3 is 5.97 Å². The maximum Gasteiger partial charge on any atom is 0.342 e. The standard InChI is InChI=1S/C35H43ClN2O6S/c1-22-7-5-16-35(41,33(40)43-3)29-12-9-26(29)19-38-20-34(15-6-8-24-17-27(36)11-13-28(24)34)21-44-31-14-10-25(18-30(31)38)32(39)37-45(4,42)23(22)2/h5,10-11,13-14,16-18,22-23,26,29,41H,4,6-9,12,15,19-21H2,1-3H3,(H,37,39,42)/b16-5+/t22-,23+,26-,29+,34-,35+,45?/m0/s1. The minimum Gasteiger partial charge on any atom is -0.490 e. The van der Waals surface area contributed by atoms with E-state index in [2.05, 4.69) is 27.6 Å². The number of hydrogen-bond donors (Lipinski definition) is 2. The third-order valence-corrected chi connectivity index (χ3v) is 13.2. The van der Waals surface area contributed by atoms with Gasteiger partial charge in [0.15, 0.2) is 5.60 Å². The number of benzene rings is 2. The van der Waals surface area contributed by atoms with Crippen molar-refractivity contribution < 1.29 is 28.4 Å². The zero-order valence-corrected chi connectivity index (χ0v) is 27.8. The highest BCUT2D eigenvalue weighted by atomic mass is 35.5. The number of carbonyl (C=O) groups is 2. The molecule has 2 aromatic carbocycles. The molecular formula is C35H43ClN2O6S. The number of fused-ring (bicyclic) bond motifs is 4. The van der Waals surface area contributed by atoms with Gasteiger partial charge in [-0.15, -0.1) is 0 Å². The molecule has 2 aliphatic heterocycles. The van der Waals surface area contributed by atoms with E-state index in [0.29, 0.717) is 48.9 Å². The van der Waals surface area contributed by atoms with Gasteiger partial charge in [0.1, 0.15) is 5.75 Å². The highest BCUT2D eigenvalue weighted by Crippen LogP contribution is 2.48. The Morgan fingerprint density at radius 3 is 2.76 bits per heavy atom. The van der Waals surface area contributed by atoms with Gasteiger partial charge in [0, 0.05) is 40.3 Å². The molecule has 45 heavy (non-hydrogen) atoms. The summed E-state index contributed by atoms with van der Waals surface area (Å²) >= 11 is 6.41. The zero-order chi connectivity index (χ0) is 32.1. The molecule has 2 N–H and O–H groups in total. The van der Waals surface area contributed by atoms with Gasteiger partial charge in [-0.25, -0.2) is 9.00 Å². The Morgan fingerprint density at radius 2 is 2.02 bits per heavy atom. The Hall–Kier alpha value is -3.01. The second-order valence-corrected chi connectivity index (χ2v) is 16.4. The first-order valence-electron chi connectivity index (χ1n) is 15.8. The third-order valence-electron chi connectivity index (χ3n) is 10.8. The van der Waals surface area contributed by atoms with Crippen LogP contribution in [0.2, 0.25) is 5.02 Å². The predicted molar refractivity (Wildman–Crippen MR) is 179 cm³/mol. The molecule has 1 saturated carbocycles. The van der Waals surface area contributed by atoms with Crippen molar-refractivity contribution in [3.63, 3.8) is 0 Å². The van der Waals surface area contributed by atoms with Gasteiger partial charge in [0.2, 0.25) is 0 Å². The molecule has 1 amide bonds. The van der Waals surface area contributed by atoms with E-state index < -0.39 is 32.4 Å². The van der Waals surface area contributed by atoms with Crippen LogP contribution in [0.4, 0.5) is 5.69 Å². The normalized spacial score (nSPS) is 35.5. The summed E-state index contributed by atoms with van der Waals surface area (Å²) in [6, 6.07) is 11.4. The minimum atomic E-state index is -3.04. The van der Waals surface area contributed by atoms with Crippen molar-refractivity contribution in [1.29, 1.82) is 0 Å². The van der Waals surface area contributed by atoms with Crippen molar-refractivity contribution in [2.45, 2.75) is 68.6 Å². The van der Waals surface area contributed by atoms with Crippen LogP contribution in [0.15, 0.2) is 48.6 Å². The van der Waals surface area contributed by atoms with Crippen LogP contribution >= 0.6 is 11.6 Å². The highest BCUT2D eigenvalue weighted by Gasteiger charge is 2.52. The molecule has 2 bridgehead atoms. The van der Waals surface area contributed by atoms with Crippen molar-refractivity contribution >= 4 is 44.7 Å². The predicted octanol–water partition coefficient (Wildman–Crippen LogP) is 5.09. The van der Waals surface area contributed by atoms with Crippen LogP contribution < -0.4 is 14.4 Å². The molecule has 1 fully saturated rings. The molecular weight excluding hydrogens is 612 g/mol. The smallest absolute Gasteiger partial charge is 0.342 e. The van der Waals surface area contributed by atoms with E-state index in [4.69, 9.17) is 21.1 Å². The number of nitrogens with zero attached hydrogens (tertiary/aromatic N) is 1. The van der Waals surface area contributed by atoms with Gasteiger partial charge in [-0.2, -0.15) is 0 Å². The number of hydrogen-bond acceptors (Lipinski definition) is 7. The topological polar surface area (TPSA) is 105 Å². The molecule has 4 aliphatic rings. The number of carbonyl (C=O) groups excluding carboxylic acids is 2. The fourth-order valence-corrected chi connectivity index (χ4v) is 9.42. The quantitative estimate of drug-likeness (QED) is 0.251. The molecule has 2 heterocycles. The maximum atomic E-state index is 13.7. The van der Waals surface area contributed by atoms with E-state index in [1.807, 2.05) is 25.1 Å². The third kappa shape index (κ3) is 5.76. The number of aryl methyl sites for hydroxylation is 1. The molecule has 0 saturated heterocycles. The van der Waals surface area contributed by atoms with E-state index in [9.17, 15) is 18.9 Å². The first-order valence-corrected chi connectivity index (χ1v) is 18.0. The van der Waals surface area contributed by atoms with Gasteiger partial charge < -0.3 is 19.5 Å². The number of ether oxygens (including phenoxy) is 2. The summed E-state index contributed by atoms with van der Waals surface area (Å²) in [4.78, 5) is 29.0. The lowest BCUT2D eigenvalue weighted by molar-refractivity contribution is -0.169. The zero-order valence-electron chi connectivity index (χ0n) is 26.2. The molecule has 0 aromatic heterocycles. The van der Waals surface area contributed by atoms with Gasteiger partial charge in [0.05, 0.1) is 29.1 Å². The van der Waals surface area contributed by atoms with Crippen molar-refractivity contribution in [2.24, 2.45) is 17.8 Å². The Balaban J connectivity index is 1.47. The lowest BCUT2D eigenvalue weighted by Crippen LogP contribution is -2.55. The Kier molecular flexibility index (Phi) is 8.50. The highest BCUT2D eigenvalue weighted by molar-refractivity contribution is 7.99. The van der Waals surface area contributed by atoms with Gasteiger partial charge in [-0.3, -0.25) is 9.52 Å². The van der Waals surface area contributed by atoms with Crippen LogP contribution in [0.5, 0.6) is 5.75 Å². The van der Waals surface area contributed by atoms with Gasteiger partial charge in [-0.05, 0) is 111 Å². The average Bonchev–Trinajstić information content (AvgIpc) is 3.14. The Morgan fingerprint density at radius 1 is 1.22 bits per heavy atom. The molecule has 6 rings (SSSR count). The Bertz CT molecular complexity index is 1640.